The van der Waals surface area contributed by atoms with Crippen molar-refractivity contribution < 1.29 is 4.79 Å². The lowest BCUT2D eigenvalue weighted by molar-refractivity contribution is -0.117. The number of carbonyl (C=O) groups is 1. The summed E-state index contributed by atoms with van der Waals surface area (Å²) in [6.45, 7) is 6.80. The van der Waals surface area contributed by atoms with Crippen LogP contribution in [0.5, 0.6) is 0 Å². The van der Waals surface area contributed by atoms with Crippen molar-refractivity contribution >= 4 is 34.1 Å². The Morgan fingerprint density at radius 1 is 1.15 bits per heavy atom. The maximum absolute atomic E-state index is 11.0. The smallest absolute Gasteiger partial charge is 0.187 e. The van der Waals surface area contributed by atoms with E-state index in [0.29, 0.717) is 35.4 Å². The predicted octanol–water partition coefficient (Wildman–Crippen LogP) is 4.50. The molecule has 0 atom stereocenters. The third-order valence-corrected chi connectivity index (χ3v) is 5.38. The summed E-state index contributed by atoms with van der Waals surface area (Å²) >= 11 is 5.97. The topological polar surface area (TPSA) is 65.0 Å². The Balaban J connectivity index is 0.000000137. The zero-order chi connectivity index (χ0) is 18.8. The normalized spacial score (nSPS) is 16.1. The third-order valence-electron chi connectivity index (χ3n) is 5.08. The summed E-state index contributed by atoms with van der Waals surface area (Å²) in [7, 11) is 0. The number of hydrogen-bond acceptors (Lipinski definition) is 4. The van der Waals surface area contributed by atoms with Crippen LogP contribution in [0.25, 0.3) is 15.9 Å². The molecule has 27 heavy (non-hydrogen) atoms. The lowest BCUT2D eigenvalue weighted by Crippen LogP contribution is -2.04. The Hall–Kier alpha value is -2.78. The van der Waals surface area contributed by atoms with Crippen LogP contribution in [0.4, 0.5) is 5.69 Å². The van der Waals surface area contributed by atoms with Crippen molar-refractivity contribution in [1.82, 2.24) is 19.7 Å². The van der Waals surface area contributed by atoms with Crippen LogP contribution < -0.4 is 0 Å². The highest BCUT2D eigenvalue weighted by atomic mass is 35.5. The second-order valence-corrected chi connectivity index (χ2v) is 7.26. The van der Waals surface area contributed by atoms with E-state index in [1.54, 1.807) is 6.07 Å². The quantitative estimate of drug-likeness (QED) is 0.461. The monoisotopic (exact) mass is 379 g/mol. The lowest BCUT2D eigenvalue weighted by atomic mass is 10.1. The molecule has 0 unspecified atom stereocenters. The number of Topliss-reactive ketones (excluding diaryl/α,β-unsaturated/α-hetero) is 1. The van der Waals surface area contributed by atoms with E-state index in [9.17, 15) is 4.79 Å². The van der Waals surface area contributed by atoms with Gasteiger partial charge in [0.2, 0.25) is 0 Å². The number of nitrogens with zero attached hydrogens (tertiary/aromatic N) is 5. The van der Waals surface area contributed by atoms with Gasteiger partial charge in [0.1, 0.15) is 17.3 Å². The second kappa shape index (κ2) is 7.45. The molecule has 2 heterocycles. The van der Waals surface area contributed by atoms with Crippen LogP contribution in [-0.4, -0.2) is 25.5 Å². The number of fused-ring (bicyclic) bond motifs is 2. The van der Waals surface area contributed by atoms with E-state index >= 15 is 0 Å². The zero-order valence-corrected chi connectivity index (χ0v) is 15.5. The fourth-order valence-electron chi connectivity index (χ4n) is 3.69. The molecule has 1 saturated carbocycles. The molecule has 1 fully saturated rings. The van der Waals surface area contributed by atoms with Gasteiger partial charge in [0, 0.05) is 19.0 Å². The minimum absolute atomic E-state index is 0.257. The average Bonchev–Trinajstić information content (AvgIpc) is 3.40. The number of rotatable bonds is 1. The van der Waals surface area contributed by atoms with E-state index < -0.39 is 0 Å². The van der Waals surface area contributed by atoms with E-state index in [0.717, 1.165) is 16.5 Å². The molecule has 0 aliphatic heterocycles. The number of aromatic nitrogens is 4. The van der Waals surface area contributed by atoms with E-state index in [2.05, 4.69) is 19.9 Å². The zero-order valence-electron chi connectivity index (χ0n) is 14.7. The Labute approximate surface area is 162 Å². The van der Waals surface area contributed by atoms with E-state index in [4.69, 9.17) is 18.2 Å². The van der Waals surface area contributed by atoms with Crippen molar-refractivity contribution in [2.45, 2.75) is 44.6 Å². The van der Waals surface area contributed by atoms with Crippen molar-refractivity contribution in [3.8, 4) is 0 Å². The Bertz CT molecular complexity index is 1050. The van der Waals surface area contributed by atoms with E-state index in [-0.39, 0.29) is 5.78 Å². The van der Waals surface area contributed by atoms with Gasteiger partial charge in [0.25, 0.3) is 0 Å². The Morgan fingerprint density at radius 2 is 1.93 bits per heavy atom. The van der Waals surface area contributed by atoms with E-state index in [1.165, 1.54) is 32.0 Å². The number of benzene rings is 1. The van der Waals surface area contributed by atoms with Gasteiger partial charge in [-0.1, -0.05) is 42.6 Å². The minimum Gasteiger partial charge on any atom is -0.299 e. The van der Waals surface area contributed by atoms with Crippen LogP contribution in [0.3, 0.4) is 0 Å². The lowest BCUT2D eigenvalue weighted by Gasteiger charge is -2.07. The summed E-state index contributed by atoms with van der Waals surface area (Å²) in [5, 5.41) is 5.78. The second-order valence-electron chi connectivity index (χ2n) is 6.91. The first-order valence-corrected chi connectivity index (χ1v) is 9.38. The molecule has 0 N–H and O–H groups in total. The SMILES string of the molecule is Clc1ncnc2nn(C3CCCC3)cc12.[C-]#[N+]c1ccc2c(c1)CC(=O)C2. The van der Waals surface area contributed by atoms with Gasteiger partial charge in [-0.15, -0.1) is 0 Å². The average molecular weight is 380 g/mol. The molecule has 7 heteroatoms. The maximum Gasteiger partial charge on any atom is 0.187 e. The third kappa shape index (κ3) is 3.69. The molecule has 0 radical (unpaired) electrons. The summed E-state index contributed by atoms with van der Waals surface area (Å²) < 4.78 is 2.00. The number of hydrogen-bond donors (Lipinski definition) is 0. The van der Waals surface area contributed by atoms with Gasteiger partial charge in [-0.3, -0.25) is 9.48 Å². The molecular formula is C20H18ClN5O. The van der Waals surface area contributed by atoms with Gasteiger partial charge < -0.3 is 0 Å². The van der Waals surface area contributed by atoms with Crippen molar-refractivity contribution in [3.05, 3.63) is 58.4 Å². The summed E-state index contributed by atoms with van der Waals surface area (Å²) in [6.07, 6.45) is 9.48. The first-order valence-electron chi connectivity index (χ1n) is 9.00. The van der Waals surface area contributed by atoms with Gasteiger partial charge in [0.15, 0.2) is 11.3 Å². The maximum atomic E-state index is 11.0. The molecule has 0 spiro atoms. The molecule has 2 aliphatic carbocycles. The highest BCUT2D eigenvalue weighted by Crippen LogP contribution is 2.30. The highest BCUT2D eigenvalue weighted by molar-refractivity contribution is 6.33. The summed E-state index contributed by atoms with van der Waals surface area (Å²) in [4.78, 5) is 22.4. The molecule has 136 valence electrons. The summed E-state index contributed by atoms with van der Waals surface area (Å²) in [5.41, 5.74) is 3.45. The van der Waals surface area contributed by atoms with Gasteiger partial charge in [-0.05, 0) is 24.0 Å². The fourth-order valence-corrected chi connectivity index (χ4v) is 3.87. The molecule has 0 bridgehead atoms. The van der Waals surface area contributed by atoms with Crippen LogP contribution in [0.2, 0.25) is 5.15 Å². The first kappa shape index (κ1) is 17.6. The molecule has 5 rings (SSSR count). The predicted molar refractivity (Wildman–Crippen MR) is 103 cm³/mol. The molecular weight excluding hydrogens is 362 g/mol. The van der Waals surface area contributed by atoms with Crippen LogP contribution in [0, 0.1) is 6.57 Å². The Kier molecular flexibility index (Phi) is 4.87. The molecule has 6 nitrogen and oxygen atoms in total. The van der Waals surface area contributed by atoms with Gasteiger partial charge in [-0.2, -0.15) is 5.10 Å². The van der Waals surface area contributed by atoms with Crippen molar-refractivity contribution in [1.29, 1.82) is 0 Å². The van der Waals surface area contributed by atoms with Crippen molar-refractivity contribution in [2.24, 2.45) is 0 Å². The number of ketones is 1. The van der Waals surface area contributed by atoms with Gasteiger partial charge >= 0.3 is 0 Å². The molecule has 0 saturated heterocycles. The first-order chi connectivity index (χ1) is 13.1. The molecule has 1 aromatic carbocycles. The van der Waals surface area contributed by atoms with Crippen molar-refractivity contribution in [3.63, 3.8) is 0 Å². The number of carbonyl (C=O) groups excluding carboxylic acids is 1. The van der Waals surface area contributed by atoms with Crippen LogP contribution >= 0.6 is 11.6 Å². The molecule has 3 aromatic rings. The minimum atomic E-state index is 0.257. The Morgan fingerprint density at radius 3 is 2.67 bits per heavy atom. The van der Waals surface area contributed by atoms with Crippen LogP contribution in [-0.2, 0) is 17.6 Å². The molecule has 0 amide bonds. The molecule has 2 aromatic heterocycles. The highest BCUT2D eigenvalue weighted by Gasteiger charge is 2.19. The van der Waals surface area contributed by atoms with Crippen molar-refractivity contribution in [2.75, 3.05) is 0 Å². The standard InChI is InChI=1S/C10H11ClN4.C10H7NO/c11-9-8-5-15(7-3-1-2-4-7)14-10(8)13-6-12-9;1-11-9-3-2-7-5-10(12)6-8(7)4-9/h5-7H,1-4H2;2-4H,5-6H2. The summed E-state index contributed by atoms with van der Waals surface area (Å²) in [6, 6.07) is 5.99. The largest absolute Gasteiger partial charge is 0.299 e. The van der Waals surface area contributed by atoms with Crippen LogP contribution in [0.1, 0.15) is 42.9 Å². The van der Waals surface area contributed by atoms with Crippen LogP contribution in [0.15, 0.2) is 30.7 Å². The molecule has 2 aliphatic rings. The van der Waals surface area contributed by atoms with E-state index in [1.807, 2.05) is 23.0 Å². The fraction of sp³-hybridized carbons (Fsp3) is 0.350. The van der Waals surface area contributed by atoms with Gasteiger partial charge in [0.05, 0.1) is 18.0 Å². The number of halogens is 1. The summed E-state index contributed by atoms with van der Waals surface area (Å²) in [5.74, 6) is 0.257. The van der Waals surface area contributed by atoms with Gasteiger partial charge in [-0.25, -0.2) is 14.8 Å².